The Hall–Kier alpha value is -2.62. The van der Waals surface area contributed by atoms with Crippen LogP contribution < -0.4 is 4.74 Å². The van der Waals surface area contributed by atoms with Gasteiger partial charge in [-0.1, -0.05) is 36.4 Å². The molecule has 2 aromatic rings. The summed E-state index contributed by atoms with van der Waals surface area (Å²) < 4.78 is 5.15. The van der Waals surface area contributed by atoms with Crippen LogP contribution in [0.15, 0.2) is 42.5 Å². The first-order valence-corrected chi connectivity index (χ1v) is 6.17. The van der Waals surface area contributed by atoms with E-state index in [0.29, 0.717) is 5.56 Å². The van der Waals surface area contributed by atoms with Gasteiger partial charge in [-0.2, -0.15) is 0 Å². The number of hydrogen-bond donors (Lipinski definition) is 0. The molecule has 0 N–H and O–H groups in total. The van der Waals surface area contributed by atoms with E-state index in [9.17, 15) is 10.1 Å². The third-order valence-electron chi connectivity index (χ3n) is 2.99. The van der Waals surface area contributed by atoms with E-state index < -0.39 is 0 Å². The quantitative estimate of drug-likeness (QED) is 0.477. The number of nitro benzene ring substituents is 1. The topological polar surface area (TPSA) is 52.4 Å². The van der Waals surface area contributed by atoms with Gasteiger partial charge in [0.2, 0.25) is 0 Å². The lowest BCUT2D eigenvalue weighted by Gasteiger charge is -2.01. The van der Waals surface area contributed by atoms with Crippen molar-refractivity contribution < 1.29 is 9.66 Å². The molecular weight excluding hydrogens is 254 g/mol. The van der Waals surface area contributed by atoms with E-state index in [4.69, 9.17) is 4.74 Å². The van der Waals surface area contributed by atoms with Crippen LogP contribution in [0.25, 0.3) is 12.2 Å². The molecule has 0 aromatic heterocycles. The molecule has 20 heavy (non-hydrogen) atoms. The van der Waals surface area contributed by atoms with E-state index in [0.717, 1.165) is 16.9 Å². The molecule has 0 atom stereocenters. The van der Waals surface area contributed by atoms with Gasteiger partial charge in [0.15, 0.2) is 0 Å². The minimum absolute atomic E-state index is 0.137. The van der Waals surface area contributed by atoms with Crippen molar-refractivity contribution >= 4 is 17.8 Å². The molecule has 0 saturated heterocycles. The van der Waals surface area contributed by atoms with Crippen molar-refractivity contribution in [1.82, 2.24) is 0 Å². The number of benzene rings is 2. The largest absolute Gasteiger partial charge is 0.497 e. The van der Waals surface area contributed by atoms with Gasteiger partial charge >= 0.3 is 0 Å². The second kappa shape index (κ2) is 6.02. The first-order valence-electron chi connectivity index (χ1n) is 6.17. The summed E-state index contributed by atoms with van der Waals surface area (Å²) in [6.45, 7) is 1.73. The minimum atomic E-state index is -0.363. The number of nitro groups is 1. The third-order valence-corrected chi connectivity index (χ3v) is 2.99. The fourth-order valence-corrected chi connectivity index (χ4v) is 1.86. The van der Waals surface area contributed by atoms with Crippen molar-refractivity contribution in [2.45, 2.75) is 6.92 Å². The summed E-state index contributed by atoms with van der Waals surface area (Å²) in [5.41, 5.74) is 2.57. The Labute approximate surface area is 117 Å². The molecule has 0 aliphatic heterocycles. The monoisotopic (exact) mass is 269 g/mol. The fourth-order valence-electron chi connectivity index (χ4n) is 1.86. The smallest absolute Gasteiger partial charge is 0.272 e. The first kappa shape index (κ1) is 13.8. The second-order valence-electron chi connectivity index (χ2n) is 4.41. The molecule has 102 valence electrons. The van der Waals surface area contributed by atoms with Crippen LogP contribution in [0.5, 0.6) is 5.75 Å². The predicted octanol–water partition coefficient (Wildman–Crippen LogP) is 4.08. The highest BCUT2D eigenvalue weighted by molar-refractivity contribution is 5.71. The lowest BCUT2D eigenvalue weighted by Crippen LogP contribution is -1.91. The molecule has 2 rings (SSSR count). The maximum atomic E-state index is 10.9. The van der Waals surface area contributed by atoms with Gasteiger partial charge < -0.3 is 4.74 Å². The summed E-state index contributed by atoms with van der Waals surface area (Å²) in [6.07, 6.45) is 3.75. The van der Waals surface area contributed by atoms with Crippen molar-refractivity contribution in [3.8, 4) is 5.75 Å². The van der Waals surface area contributed by atoms with E-state index in [1.54, 1.807) is 26.2 Å². The zero-order chi connectivity index (χ0) is 14.5. The van der Waals surface area contributed by atoms with Gasteiger partial charge in [-0.15, -0.1) is 0 Å². The average Bonchev–Trinajstić information content (AvgIpc) is 2.46. The Morgan fingerprint density at radius 2 is 1.80 bits per heavy atom. The van der Waals surface area contributed by atoms with Crippen LogP contribution in [-0.2, 0) is 0 Å². The molecule has 0 heterocycles. The second-order valence-corrected chi connectivity index (χ2v) is 4.41. The summed E-state index contributed by atoms with van der Waals surface area (Å²) in [5, 5.41) is 10.9. The highest BCUT2D eigenvalue weighted by atomic mass is 16.6. The molecule has 0 aliphatic rings. The van der Waals surface area contributed by atoms with Crippen molar-refractivity contribution in [2.75, 3.05) is 7.11 Å². The maximum Gasteiger partial charge on any atom is 0.272 e. The van der Waals surface area contributed by atoms with Gasteiger partial charge in [-0.05, 0) is 30.2 Å². The van der Waals surface area contributed by atoms with Crippen molar-refractivity contribution in [3.05, 3.63) is 69.3 Å². The summed E-state index contributed by atoms with van der Waals surface area (Å²) in [6, 6.07) is 12.8. The summed E-state index contributed by atoms with van der Waals surface area (Å²) in [7, 11) is 1.62. The lowest BCUT2D eigenvalue weighted by atomic mass is 10.1. The van der Waals surface area contributed by atoms with Crippen LogP contribution in [0.3, 0.4) is 0 Å². The molecule has 0 saturated carbocycles. The Kier molecular flexibility index (Phi) is 4.15. The molecule has 4 heteroatoms. The van der Waals surface area contributed by atoms with Gasteiger partial charge in [-0.25, -0.2) is 0 Å². The number of ether oxygens (including phenoxy) is 1. The van der Waals surface area contributed by atoms with Crippen LogP contribution in [0, 0.1) is 17.0 Å². The van der Waals surface area contributed by atoms with E-state index in [1.807, 2.05) is 42.5 Å². The van der Waals surface area contributed by atoms with Crippen molar-refractivity contribution in [1.29, 1.82) is 0 Å². The zero-order valence-electron chi connectivity index (χ0n) is 11.4. The molecule has 0 unspecified atom stereocenters. The standard InChI is InChI=1S/C16H15NO3/c1-12-6-7-14(11-16(12)17(18)19)9-8-13-4-3-5-15(10-13)20-2/h3-11H,1-2H3/b9-8+. The van der Waals surface area contributed by atoms with Crippen LogP contribution in [-0.4, -0.2) is 12.0 Å². The molecule has 0 amide bonds. The molecule has 4 nitrogen and oxygen atoms in total. The van der Waals surface area contributed by atoms with Crippen molar-refractivity contribution in [3.63, 3.8) is 0 Å². The number of nitrogens with zero attached hydrogens (tertiary/aromatic N) is 1. The Morgan fingerprint density at radius 1 is 1.10 bits per heavy atom. The molecular formula is C16H15NO3. The van der Waals surface area contributed by atoms with Crippen molar-refractivity contribution in [2.24, 2.45) is 0 Å². The fraction of sp³-hybridized carbons (Fsp3) is 0.125. The van der Waals surface area contributed by atoms with E-state index in [2.05, 4.69) is 0 Å². The van der Waals surface area contributed by atoms with Gasteiger partial charge in [0.1, 0.15) is 5.75 Å². The van der Waals surface area contributed by atoms with E-state index in [-0.39, 0.29) is 10.6 Å². The Balaban J connectivity index is 2.27. The molecule has 0 aliphatic carbocycles. The molecule has 0 bridgehead atoms. The van der Waals surface area contributed by atoms with E-state index in [1.165, 1.54) is 0 Å². The molecule has 0 fully saturated rings. The number of hydrogen-bond acceptors (Lipinski definition) is 3. The summed E-state index contributed by atoms with van der Waals surface area (Å²) in [5.74, 6) is 0.780. The third kappa shape index (κ3) is 3.23. The number of methoxy groups -OCH3 is 1. The average molecular weight is 269 g/mol. The molecule has 0 spiro atoms. The van der Waals surface area contributed by atoms with Crippen LogP contribution >= 0.6 is 0 Å². The van der Waals surface area contributed by atoms with Gasteiger partial charge in [0.05, 0.1) is 12.0 Å². The van der Waals surface area contributed by atoms with Crippen LogP contribution in [0.1, 0.15) is 16.7 Å². The Bertz CT molecular complexity index is 663. The number of aryl methyl sites for hydroxylation is 1. The number of rotatable bonds is 4. The maximum absolute atomic E-state index is 10.9. The van der Waals surface area contributed by atoms with E-state index >= 15 is 0 Å². The van der Waals surface area contributed by atoms with Gasteiger partial charge in [0.25, 0.3) is 5.69 Å². The van der Waals surface area contributed by atoms with Crippen LogP contribution in [0.2, 0.25) is 0 Å². The minimum Gasteiger partial charge on any atom is -0.497 e. The summed E-state index contributed by atoms with van der Waals surface area (Å²) in [4.78, 5) is 10.5. The van der Waals surface area contributed by atoms with Gasteiger partial charge in [0, 0.05) is 11.6 Å². The molecule has 0 radical (unpaired) electrons. The highest BCUT2D eigenvalue weighted by Crippen LogP contribution is 2.21. The predicted molar refractivity (Wildman–Crippen MR) is 79.8 cm³/mol. The highest BCUT2D eigenvalue weighted by Gasteiger charge is 2.09. The lowest BCUT2D eigenvalue weighted by molar-refractivity contribution is -0.385. The van der Waals surface area contributed by atoms with Gasteiger partial charge in [-0.3, -0.25) is 10.1 Å². The normalized spacial score (nSPS) is 10.7. The summed E-state index contributed by atoms with van der Waals surface area (Å²) >= 11 is 0. The molecule has 2 aromatic carbocycles. The first-order chi connectivity index (χ1) is 9.60. The zero-order valence-corrected chi connectivity index (χ0v) is 11.4. The Morgan fingerprint density at radius 3 is 2.45 bits per heavy atom. The SMILES string of the molecule is COc1cccc(/C=C/c2ccc(C)c([N+](=O)[O-])c2)c1. The van der Waals surface area contributed by atoms with Crippen LogP contribution in [0.4, 0.5) is 5.69 Å².